The summed E-state index contributed by atoms with van der Waals surface area (Å²) in [6.45, 7) is 3.21. The second-order valence-electron chi connectivity index (χ2n) is 5.29. The number of hydrogen-bond donors (Lipinski definition) is 1. The van der Waals surface area contributed by atoms with Gasteiger partial charge in [0.25, 0.3) is 0 Å². The molecular weight excluding hydrogens is 273 g/mol. The van der Waals surface area contributed by atoms with Gasteiger partial charge in [-0.25, -0.2) is 4.39 Å². The van der Waals surface area contributed by atoms with E-state index < -0.39 is 0 Å². The van der Waals surface area contributed by atoms with Crippen molar-refractivity contribution in [3.63, 3.8) is 0 Å². The lowest BCUT2D eigenvalue weighted by molar-refractivity contribution is 0.385. The minimum absolute atomic E-state index is 0.265. The Bertz CT molecular complexity index is 421. The number of rotatable bonds is 7. The van der Waals surface area contributed by atoms with Crippen LogP contribution in [0.1, 0.15) is 31.7 Å². The molecule has 1 heterocycles. The fraction of sp³-hybridized carbons (Fsp3) is 0.625. The molecule has 112 valence electrons. The summed E-state index contributed by atoms with van der Waals surface area (Å²) in [4.78, 5) is 0. The van der Waals surface area contributed by atoms with Crippen LogP contribution in [0, 0.1) is 5.82 Å². The van der Waals surface area contributed by atoms with E-state index in [0.717, 1.165) is 24.9 Å². The monoisotopic (exact) mass is 297 g/mol. The van der Waals surface area contributed by atoms with Gasteiger partial charge in [0.1, 0.15) is 0 Å². The molecule has 2 atom stereocenters. The molecule has 4 heteroatoms. The Hall–Kier alpha value is -0.740. The molecule has 0 bridgehead atoms. The zero-order valence-corrected chi connectivity index (χ0v) is 13.1. The van der Waals surface area contributed by atoms with Crippen molar-refractivity contribution in [2.45, 2.75) is 43.9 Å². The zero-order chi connectivity index (χ0) is 14.4. The number of nitrogens with one attached hydrogen (secondary N) is 1. The Morgan fingerprint density at radius 2 is 2.35 bits per heavy atom. The number of hydrogen-bond acceptors (Lipinski definition) is 3. The molecule has 0 amide bonds. The van der Waals surface area contributed by atoms with E-state index in [2.05, 4.69) is 24.0 Å². The maximum absolute atomic E-state index is 13.8. The fourth-order valence-electron chi connectivity index (χ4n) is 2.68. The van der Waals surface area contributed by atoms with E-state index in [1.165, 1.54) is 25.7 Å². The first-order valence-electron chi connectivity index (χ1n) is 7.42. The average molecular weight is 297 g/mol. The van der Waals surface area contributed by atoms with Gasteiger partial charge in [0, 0.05) is 11.3 Å². The van der Waals surface area contributed by atoms with Gasteiger partial charge in [-0.15, -0.1) is 0 Å². The van der Waals surface area contributed by atoms with Gasteiger partial charge < -0.3 is 10.1 Å². The third-order valence-corrected chi connectivity index (χ3v) is 5.26. The molecule has 1 aliphatic rings. The molecule has 0 radical (unpaired) electrons. The van der Waals surface area contributed by atoms with Crippen LogP contribution in [-0.2, 0) is 6.42 Å². The predicted molar refractivity (Wildman–Crippen MR) is 84.2 cm³/mol. The topological polar surface area (TPSA) is 21.3 Å². The van der Waals surface area contributed by atoms with Crippen molar-refractivity contribution < 1.29 is 9.13 Å². The maximum Gasteiger partial charge on any atom is 0.165 e. The molecule has 1 aromatic carbocycles. The molecule has 1 aliphatic heterocycles. The van der Waals surface area contributed by atoms with Gasteiger partial charge in [0.05, 0.1) is 7.11 Å². The van der Waals surface area contributed by atoms with Crippen LogP contribution in [0.15, 0.2) is 18.2 Å². The van der Waals surface area contributed by atoms with E-state index in [9.17, 15) is 4.39 Å². The van der Waals surface area contributed by atoms with E-state index in [1.54, 1.807) is 12.1 Å². The van der Waals surface area contributed by atoms with Gasteiger partial charge in [-0.2, -0.15) is 11.8 Å². The van der Waals surface area contributed by atoms with Gasteiger partial charge in [0.2, 0.25) is 0 Å². The van der Waals surface area contributed by atoms with Gasteiger partial charge in [-0.05, 0) is 55.7 Å². The number of thioether (sulfide) groups is 1. The second kappa shape index (κ2) is 7.89. The lowest BCUT2D eigenvalue weighted by atomic mass is 10.00. The highest BCUT2D eigenvalue weighted by molar-refractivity contribution is 8.00. The molecule has 2 unspecified atom stereocenters. The molecular formula is C16H24FNOS. The van der Waals surface area contributed by atoms with Crippen molar-refractivity contribution in [3.8, 4) is 5.75 Å². The van der Waals surface area contributed by atoms with Crippen LogP contribution < -0.4 is 10.1 Å². The summed E-state index contributed by atoms with van der Waals surface area (Å²) >= 11 is 2.05. The second-order valence-corrected chi connectivity index (χ2v) is 6.63. The Morgan fingerprint density at radius 1 is 1.50 bits per heavy atom. The molecule has 0 saturated carbocycles. The molecule has 1 aromatic rings. The van der Waals surface area contributed by atoms with Crippen molar-refractivity contribution in [2.24, 2.45) is 0 Å². The van der Waals surface area contributed by atoms with Gasteiger partial charge >= 0.3 is 0 Å². The van der Waals surface area contributed by atoms with Crippen LogP contribution in [0.25, 0.3) is 0 Å². The van der Waals surface area contributed by atoms with Crippen molar-refractivity contribution in [2.75, 3.05) is 19.4 Å². The number of ether oxygens (including phenoxy) is 1. The first-order chi connectivity index (χ1) is 9.74. The number of benzene rings is 1. The van der Waals surface area contributed by atoms with Crippen molar-refractivity contribution in [1.29, 1.82) is 0 Å². The molecule has 2 nitrogen and oxygen atoms in total. The summed E-state index contributed by atoms with van der Waals surface area (Å²) < 4.78 is 18.8. The molecule has 1 fully saturated rings. The summed E-state index contributed by atoms with van der Waals surface area (Å²) in [6, 6.07) is 5.75. The molecule has 1 saturated heterocycles. The zero-order valence-electron chi connectivity index (χ0n) is 12.3. The predicted octanol–water partition coefficient (Wildman–Crippen LogP) is 3.64. The highest BCUT2D eigenvalue weighted by atomic mass is 32.2. The smallest absolute Gasteiger partial charge is 0.165 e. The minimum Gasteiger partial charge on any atom is -0.494 e. The lowest BCUT2D eigenvalue weighted by Crippen LogP contribution is -2.39. The molecule has 20 heavy (non-hydrogen) atoms. The van der Waals surface area contributed by atoms with Crippen LogP contribution in [0.4, 0.5) is 4.39 Å². The van der Waals surface area contributed by atoms with Gasteiger partial charge in [-0.1, -0.05) is 13.0 Å². The average Bonchev–Trinajstić information content (AvgIpc) is 2.97. The van der Waals surface area contributed by atoms with Gasteiger partial charge in [-0.3, -0.25) is 0 Å². The van der Waals surface area contributed by atoms with E-state index >= 15 is 0 Å². The highest BCUT2D eigenvalue weighted by Crippen LogP contribution is 2.30. The molecule has 2 rings (SSSR count). The highest BCUT2D eigenvalue weighted by Gasteiger charge is 2.25. The van der Waals surface area contributed by atoms with E-state index in [4.69, 9.17) is 4.74 Å². The van der Waals surface area contributed by atoms with Crippen molar-refractivity contribution >= 4 is 11.8 Å². The molecule has 0 aromatic heterocycles. The summed E-state index contributed by atoms with van der Waals surface area (Å²) in [5.74, 6) is 1.31. The Labute approximate surface area is 125 Å². The van der Waals surface area contributed by atoms with Crippen LogP contribution in [-0.4, -0.2) is 30.7 Å². The standard InChI is InChI=1S/C16H24FNOS/c1-3-8-18-14(16-5-4-9-20-16)11-12-6-7-15(19-2)13(17)10-12/h6-7,10,14,16,18H,3-5,8-9,11H2,1-2H3. The SMILES string of the molecule is CCCNC(Cc1ccc(OC)c(F)c1)C1CCCS1. The summed E-state index contributed by atoms with van der Waals surface area (Å²) in [5.41, 5.74) is 1.05. The maximum atomic E-state index is 13.8. The van der Waals surface area contributed by atoms with Crippen molar-refractivity contribution in [1.82, 2.24) is 5.32 Å². The van der Waals surface area contributed by atoms with E-state index in [1.807, 2.05) is 6.07 Å². The fourth-order valence-corrected chi connectivity index (χ4v) is 4.07. The summed E-state index contributed by atoms with van der Waals surface area (Å²) in [6.07, 6.45) is 4.59. The first-order valence-corrected chi connectivity index (χ1v) is 8.47. The van der Waals surface area contributed by atoms with Crippen LogP contribution in [0.5, 0.6) is 5.75 Å². The van der Waals surface area contributed by atoms with Gasteiger partial charge in [0.15, 0.2) is 11.6 Å². The third-order valence-electron chi connectivity index (χ3n) is 3.74. The normalized spacial score (nSPS) is 20.1. The quantitative estimate of drug-likeness (QED) is 0.830. The number of methoxy groups -OCH3 is 1. The molecule has 0 aliphatic carbocycles. The molecule has 0 spiro atoms. The Morgan fingerprint density at radius 3 is 2.95 bits per heavy atom. The minimum atomic E-state index is -0.265. The Balaban J connectivity index is 2.04. The van der Waals surface area contributed by atoms with Crippen LogP contribution in [0.3, 0.4) is 0 Å². The summed E-state index contributed by atoms with van der Waals surface area (Å²) in [5, 5.41) is 4.29. The molecule has 1 N–H and O–H groups in total. The lowest BCUT2D eigenvalue weighted by Gasteiger charge is -2.24. The van der Waals surface area contributed by atoms with E-state index in [-0.39, 0.29) is 5.82 Å². The van der Waals surface area contributed by atoms with Crippen LogP contribution in [0.2, 0.25) is 0 Å². The largest absolute Gasteiger partial charge is 0.494 e. The number of halogens is 1. The van der Waals surface area contributed by atoms with Crippen molar-refractivity contribution in [3.05, 3.63) is 29.6 Å². The third kappa shape index (κ3) is 4.13. The van der Waals surface area contributed by atoms with E-state index in [0.29, 0.717) is 17.0 Å². The first kappa shape index (κ1) is 15.6. The Kier molecular flexibility index (Phi) is 6.17. The summed E-state index contributed by atoms with van der Waals surface area (Å²) in [7, 11) is 1.50. The van der Waals surface area contributed by atoms with Crippen LogP contribution >= 0.6 is 11.8 Å².